The van der Waals surface area contributed by atoms with Crippen LogP contribution in [0.4, 0.5) is 11.4 Å². The molecule has 0 spiro atoms. The highest BCUT2D eigenvalue weighted by molar-refractivity contribution is 5.50. The zero-order valence-corrected chi connectivity index (χ0v) is 9.64. The number of nitro benzene ring substituents is 1. The Morgan fingerprint density at radius 2 is 2.25 bits per heavy atom. The Morgan fingerprint density at radius 1 is 1.50 bits per heavy atom. The minimum Gasteiger partial charge on any atom is -0.384 e. The molecular formula is C11H17N3O2. The summed E-state index contributed by atoms with van der Waals surface area (Å²) in [6.45, 7) is 4.79. The first-order valence-electron chi connectivity index (χ1n) is 5.30. The van der Waals surface area contributed by atoms with E-state index in [0.717, 1.165) is 25.3 Å². The summed E-state index contributed by atoms with van der Waals surface area (Å²) in [6.07, 6.45) is 0. The molecule has 0 saturated heterocycles. The normalized spacial score (nSPS) is 10.4. The van der Waals surface area contributed by atoms with E-state index in [0.29, 0.717) is 0 Å². The highest BCUT2D eigenvalue weighted by Crippen LogP contribution is 2.16. The van der Waals surface area contributed by atoms with Crippen LogP contribution in [0.2, 0.25) is 0 Å². The van der Waals surface area contributed by atoms with Gasteiger partial charge in [-0.1, -0.05) is 13.0 Å². The Balaban J connectivity index is 2.48. The van der Waals surface area contributed by atoms with Crippen molar-refractivity contribution in [2.75, 3.05) is 32.0 Å². The molecule has 0 aliphatic heterocycles. The topological polar surface area (TPSA) is 58.4 Å². The minimum absolute atomic E-state index is 0.119. The zero-order valence-electron chi connectivity index (χ0n) is 9.64. The van der Waals surface area contributed by atoms with Crippen LogP contribution in [0, 0.1) is 10.1 Å². The van der Waals surface area contributed by atoms with Gasteiger partial charge in [0.2, 0.25) is 0 Å². The molecule has 1 aromatic carbocycles. The van der Waals surface area contributed by atoms with Gasteiger partial charge in [-0.15, -0.1) is 0 Å². The summed E-state index contributed by atoms with van der Waals surface area (Å²) in [5.74, 6) is 0. The summed E-state index contributed by atoms with van der Waals surface area (Å²) < 4.78 is 0. The molecule has 0 saturated carbocycles. The van der Waals surface area contributed by atoms with Gasteiger partial charge in [-0.05, 0) is 19.7 Å². The van der Waals surface area contributed by atoms with Crippen molar-refractivity contribution in [3.05, 3.63) is 34.4 Å². The third kappa shape index (κ3) is 3.86. The molecule has 0 aliphatic carbocycles. The standard InChI is InChI=1S/C11H17N3O2/c1-3-13(2)8-7-12-10-5-4-6-11(9-10)14(15)16/h4-6,9,12H,3,7-8H2,1-2H3. The molecule has 88 valence electrons. The summed E-state index contributed by atoms with van der Waals surface area (Å²) in [5.41, 5.74) is 0.910. The highest BCUT2D eigenvalue weighted by Gasteiger charge is 2.04. The SMILES string of the molecule is CCN(C)CCNc1cccc([N+](=O)[O-])c1. The number of nitrogens with one attached hydrogen (secondary N) is 1. The van der Waals surface area contributed by atoms with Crippen LogP contribution in [0.3, 0.4) is 0 Å². The number of hydrogen-bond donors (Lipinski definition) is 1. The van der Waals surface area contributed by atoms with E-state index >= 15 is 0 Å². The van der Waals surface area contributed by atoms with Gasteiger partial charge in [0.25, 0.3) is 5.69 Å². The van der Waals surface area contributed by atoms with Gasteiger partial charge < -0.3 is 10.2 Å². The van der Waals surface area contributed by atoms with Crippen molar-refractivity contribution in [1.82, 2.24) is 4.90 Å². The van der Waals surface area contributed by atoms with Crippen molar-refractivity contribution in [2.45, 2.75) is 6.92 Å². The molecule has 0 fully saturated rings. The summed E-state index contributed by atoms with van der Waals surface area (Å²) in [7, 11) is 2.04. The molecule has 0 bridgehead atoms. The second-order valence-corrected chi connectivity index (χ2v) is 3.63. The lowest BCUT2D eigenvalue weighted by molar-refractivity contribution is -0.384. The fraction of sp³-hybridized carbons (Fsp3) is 0.455. The zero-order chi connectivity index (χ0) is 12.0. The summed E-state index contributed by atoms with van der Waals surface area (Å²) in [6, 6.07) is 6.55. The van der Waals surface area contributed by atoms with Crippen LogP contribution in [0.25, 0.3) is 0 Å². The lowest BCUT2D eigenvalue weighted by Gasteiger charge is -2.14. The lowest BCUT2D eigenvalue weighted by atomic mass is 10.3. The third-order valence-corrected chi connectivity index (χ3v) is 2.42. The molecule has 0 atom stereocenters. The van der Waals surface area contributed by atoms with Crippen molar-refractivity contribution in [1.29, 1.82) is 0 Å². The smallest absolute Gasteiger partial charge is 0.271 e. The Kier molecular flexibility index (Phi) is 4.72. The average molecular weight is 223 g/mol. The second kappa shape index (κ2) is 6.07. The minimum atomic E-state index is -0.386. The Morgan fingerprint density at radius 3 is 2.88 bits per heavy atom. The van der Waals surface area contributed by atoms with Crippen LogP contribution in [0.5, 0.6) is 0 Å². The summed E-state index contributed by atoms with van der Waals surface area (Å²) >= 11 is 0. The Bertz CT molecular complexity index is 355. The van der Waals surface area contributed by atoms with Crippen molar-refractivity contribution in [2.24, 2.45) is 0 Å². The van der Waals surface area contributed by atoms with Gasteiger partial charge in [0, 0.05) is 30.9 Å². The predicted octanol–water partition coefficient (Wildman–Crippen LogP) is 1.96. The number of non-ortho nitro benzene ring substituents is 1. The molecule has 5 heteroatoms. The molecule has 0 aliphatic rings. The van der Waals surface area contributed by atoms with Crippen LogP contribution in [-0.2, 0) is 0 Å². The monoisotopic (exact) mass is 223 g/mol. The summed E-state index contributed by atoms with van der Waals surface area (Å²) in [5, 5.41) is 13.7. The van der Waals surface area contributed by atoms with E-state index in [4.69, 9.17) is 0 Å². The number of nitrogens with zero attached hydrogens (tertiary/aromatic N) is 2. The quantitative estimate of drug-likeness (QED) is 0.591. The first-order valence-corrected chi connectivity index (χ1v) is 5.30. The largest absolute Gasteiger partial charge is 0.384 e. The average Bonchev–Trinajstić information content (AvgIpc) is 2.29. The predicted molar refractivity (Wildman–Crippen MR) is 64.8 cm³/mol. The van der Waals surface area contributed by atoms with Gasteiger partial charge in [-0.2, -0.15) is 0 Å². The van der Waals surface area contributed by atoms with Gasteiger partial charge in [-0.3, -0.25) is 10.1 Å². The van der Waals surface area contributed by atoms with Crippen LogP contribution in [0.1, 0.15) is 6.92 Å². The van der Waals surface area contributed by atoms with Crippen LogP contribution >= 0.6 is 0 Å². The van der Waals surface area contributed by atoms with Crippen molar-refractivity contribution < 1.29 is 4.92 Å². The van der Waals surface area contributed by atoms with Gasteiger partial charge in [-0.25, -0.2) is 0 Å². The van der Waals surface area contributed by atoms with Gasteiger partial charge in [0.05, 0.1) is 4.92 Å². The molecule has 1 N–H and O–H groups in total. The van der Waals surface area contributed by atoms with Crippen LogP contribution in [-0.4, -0.2) is 36.5 Å². The number of hydrogen-bond acceptors (Lipinski definition) is 4. The van der Waals surface area contributed by atoms with Crippen molar-refractivity contribution >= 4 is 11.4 Å². The van der Waals surface area contributed by atoms with E-state index in [9.17, 15) is 10.1 Å². The molecule has 0 aromatic heterocycles. The van der Waals surface area contributed by atoms with Crippen molar-refractivity contribution in [3.63, 3.8) is 0 Å². The molecule has 1 rings (SSSR count). The molecule has 1 aromatic rings. The molecule has 5 nitrogen and oxygen atoms in total. The van der Waals surface area contributed by atoms with Crippen LogP contribution in [0.15, 0.2) is 24.3 Å². The number of likely N-dealkylation sites (N-methyl/N-ethyl adjacent to an activating group) is 1. The molecular weight excluding hydrogens is 206 g/mol. The molecule has 0 heterocycles. The van der Waals surface area contributed by atoms with E-state index in [1.165, 1.54) is 6.07 Å². The maximum absolute atomic E-state index is 10.6. The number of rotatable bonds is 6. The molecule has 0 unspecified atom stereocenters. The van der Waals surface area contributed by atoms with Crippen LogP contribution < -0.4 is 5.32 Å². The second-order valence-electron chi connectivity index (χ2n) is 3.63. The van der Waals surface area contributed by atoms with E-state index in [1.54, 1.807) is 12.1 Å². The molecule has 16 heavy (non-hydrogen) atoms. The molecule has 0 amide bonds. The fourth-order valence-electron chi connectivity index (χ4n) is 1.28. The summed E-state index contributed by atoms with van der Waals surface area (Å²) in [4.78, 5) is 12.3. The van der Waals surface area contributed by atoms with Gasteiger partial charge in [0.15, 0.2) is 0 Å². The first kappa shape index (κ1) is 12.4. The fourth-order valence-corrected chi connectivity index (χ4v) is 1.28. The highest BCUT2D eigenvalue weighted by atomic mass is 16.6. The van der Waals surface area contributed by atoms with Gasteiger partial charge >= 0.3 is 0 Å². The van der Waals surface area contributed by atoms with E-state index in [-0.39, 0.29) is 10.6 Å². The number of nitro groups is 1. The first-order chi connectivity index (χ1) is 7.63. The van der Waals surface area contributed by atoms with E-state index in [1.807, 2.05) is 13.1 Å². The number of anilines is 1. The van der Waals surface area contributed by atoms with Gasteiger partial charge in [0.1, 0.15) is 0 Å². The Labute approximate surface area is 95.2 Å². The van der Waals surface area contributed by atoms with E-state index < -0.39 is 0 Å². The Hall–Kier alpha value is -1.62. The van der Waals surface area contributed by atoms with Crippen molar-refractivity contribution in [3.8, 4) is 0 Å². The molecule has 0 radical (unpaired) electrons. The number of benzene rings is 1. The maximum Gasteiger partial charge on any atom is 0.271 e. The third-order valence-electron chi connectivity index (χ3n) is 2.42. The van der Waals surface area contributed by atoms with E-state index in [2.05, 4.69) is 17.1 Å². The lowest BCUT2D eigenvalue weighted by Crippen LogP contribution is -2.24. The maximum atomic E-state index is 10.6.